The summed E-state index contributed by atoms with van der Waals surface area (Å²) in [5, 5.41) is 7.85. The normalized spacial score (nSPS) is 15.9. The lowest BCUT2D eigenvalue weighted by molar-refractivity contribution is 0.133. The number of rotatable bonds is 7. The summed E-state index contributed by atoms with van der Waals surface area (Å²) in [5.74, 6) is 0.355. The minimum atomic E-state index is -0.727. The molecule has 6 rings (SSSR count). The first-order valence-electron chi connectivity index (χ1n) is 13.1. The van der Waals surface area contributed by atoms with Gasteiger partial charge in [0.1, 0.15) is 11.8 Å². The lowest BCUT2D eigenvalue weighted by atomic mass is 10.0. The van der Waals surface area contributed by atoms with Gasteiger partial charge in [-0.3, -0.25) is 14.9 Å². The molecule has 1 fully saturated rings. The van der Waals surface area contributed by atoms with E-state index in [9.17, 15) is 9.18 Å². The molecular weight excluding hydrogens is 495 g/mol. The van der Waals surface area contributed by atoms with Gasteiger partial charge in [0.2, 0.25) is 0 Å². The maximum atomic E-state index is 13.7. The predicted octanol–water partition coefficient (Wildman–Crippen LogP) is 6.02. The van der Waals surface area contributed by atoms with E-state index in [0.717, 1.165) is 47.2 Å². The molecule has 9 heteroatoms. The zero-order chi connectivity index (χ0) is 26.6. The molecule has 3 aromatic heterocycles. The van der Waals surface area contributed by atoms with Gasteiger partial charge in [-0.2, -0.15) is 5.10 Å². The number of nitrogens with one attached hydrogen (secondary N) is 2. The molecule has 0 spiro atoms. The Kier molecular flexibility index (Phi) is 7.05. The van der Waals surface area contributed by atoms with Crippen LogP contribution in [0.1, 0.15) is 24.0 Å². The smallest absolute Gasteiger partial charge is 0.407 e. The molecular formula is C30H29FN6O2. The number of alkyl halides is 1. The number of halogens is 1. The Morgan fingerprint density at radius 2 is 1.87 bits per heavy atom. The minimum Gasteiger partial charge on any atom is -0.407 e. The van der Waals surface area contributed by atoms with Crippen molar-refractivity contribution in [1.29, 1.82) is 0 Å². The Hall–Kier alpha value is -4.50. The van der Waals surface area contributed by atoms with Crippen LogP contribution in [-0.4, -0.2) is 50.0 Å². The number of benzene rings is 2. The number of fused-ring (bicyclic) bond motifs is 1. The van der Waals surface area contributed by atoms with Gasteiger partial charge in [-0.25, -0.2) is 14.2 Å². The van der Waals surface area contributed by atoms with Crippen molar-refractivity contribution in [3.63, 3.8) is 0 Å². The van der Waals surface area contributed by atoms with E-state index in [2.05, 4.69) is 49.5 Å². The molecule has 1 unspecified atom stereocenters. The van der Waals surface area contributed by atoms with Crippen LogP contribution in [0.15, 0.2) is 85.5 Å². The molecule has 1 atom stereocenters. The summed E-state index contributed by atoms with van der Waals surface area (Å²) in [6.07, 6.45) is 6.93. The predicted molar refractivity (Wildman–Crippen MR) is 148 cm³/mol. The third-order valence-corrected chi connectivity index (χ3v) is 6.92. The first-order valence-corrected chi connectivity index (χ1v) is 13.1. The molecule has 0 bridgehead atoms. The first-order chi connectivity index (χ1) is 19.1. The van der Waals surface area contributed by atoms with Crippen LogP contribution < -0.4 is 10.1 Å². The molecule has 2 N–H and O–H groups in total. The van der Waals surface area contributed by atoms with Crippen LogP contribution in [0.2, 0.25) is 0 Å². The van der Waals surface area contributed by atoms with E-state index in [1.165, 1.54) is 6.20 Å². The van der Waals surface area contributed by atoms with Gasteiger partial charge in [0.15, 0.2) is 5.75 Å². The minimum absolute atomic E-state index is 0.355. The number of carbonyl (C=O) groups is 1. The average molecular weight is 525 g/mol. The Morgan fingerprint density at radius 3 is 2.69 bits per heavy atom. The molecule has 5 aromatic rings. The van der Waals surface area contributed by atoms with Gasteiger partial charge in [0, 0.05) is 36.4 Å². The molecule has 198 valence electrons. The van der Waals surface area contributed by atoms with Crippen LogP contribution in [0.25, 0.3) is 22.2 Å². The van der Waals surface area contributed by atoms with Crippen LogP contribution >= 0.6 is 0 Å². The van der Waals surface area contributed by atoms with Crippen molar-refractivity contribution in [2.24, 2.45) is 0 Å². The van der Waals surface area contributed by atoms with Gasteiger partial charge in [-0.1, -0.05) is 54.6 Å². The highest BCUT2D eigenvalue weighted by Gasteiger charge is 2.19. The standard InChI is InChI=1S/C30H29FN6O2/c31-25-7-4-12-36(19-25)17-22-8-10-23(11-9-22)24-13-27-28(16-33-29(27)32-14-24)35-30(38)39-26-15-34-37(20-26)18-21-5-2-1-3-6-21/h1-3,5-6,8-11,13-16,20,25H,4,7,12,17-19H2,(H,32,33)(H,35,38). The number of aromatic amines is 1. The molecule has 0 saturated carbocycles. The summed E-state index contributed by atoms with van der Waals surface area (Å²) in [6, 6.07) is 20.2. The van der Waals surface area contributed by atoms with Crippen molar-refractivity contribution in [1.82, 2.24) is 24.6 Å². The van der Waals surface area contributed by atoms with Crippen molar-refractivity contribution in [2.75, 3.05) is 18.4 Å². The molecule has 0 radical (unpaired) electrons. The third-order valence-electron chi connectivity index (χ3n) is 6.92. The SMILES string of the molecule is O=C(Nc1c[nH]c2ncc(-c3ccc(CN4CCCC(F)C4)cc3)cc12)Oc1cnn(Cc2ccccc2)c1. The van der Waals surface area contributed by atoms with Crippen LogP contribution in [0.5, 0.6) is 5.75 Å². The molecule has 2 aromatic carbocycles. The maximum Gasteiger partial charge on any atom is 0.417 e. The number of piperidine rings is 1. The number of nitrogens with zero attached hydrogens (tertiary/aromatic N) is 4. The second-order valence-electron chi connectivity index (χ2n) is 9.87. The van der Waals surface area contributed by atoms with E-state index >= 15 is 0 Å². The topological polar surface area (TPSA) is 88.1 Å². The van der Waals surface area contributed by atoms with Crippen LogP contribution in [0.4, 0.5) is 14.9 Å². The average Bonchev–Trinajstić information content (AvgIpc) is 3.56. The van der Waals surface area contributed by atoms with Crippen molar-refractivity contribution in [2.45, 2.75) is 32.1 Å². The molecule has 1 aliphatic heterocycles. The van der Waals surface area contributed by atoms with Crippen LogP contribution in [-0.2, 0) is 13.1 Å². The van der Waals surface area contributed by atoms with Gasteiger partial charge in [-0.15, -0.1) is 0 Å². The van der Waals surface area contributed by atoms with E-state index in [-0.39, 0.29) is 0 Å². The summed E-state index contributed by atoms with van der Waals surface area (Å²) < 4.78 is 20.9. The fourth-order valence-corrected chi connectivity index (χ4v) is 4.96. The summed E-state index contributed by atoms with van der Waals surface area (Å²) >= 11 is 0. The molecule has 39 heavy (non-hydrogen) atoms. The number of anilines is 1. The quantitative estimate of drug-likeness (QED) is 0.272. The van der Waals surface area contributed by atoms with Crippen molar-refractivity contribution in [3.8, 4) is 16.9 Å². The second-order valence-corrected chi connectivity index (χ2v) is 9.87. The van der Waals surface area contributed by atoms with E-state index in [1.54, 1.807) is 23.3 Å². The molecule has 4 heterocycles. The highest BCUT2D eigenvalue weighted by Crippen LogP contribution is 2.28. The Balaban J connectivity index is 1.11. The monoisotopic (exact) mass is 524 g/mol. The number of amides is 1. The Morgan fingerprint density at radius 1 is 1.05 bits per heavy atom. The van der Waals surface area contributed by atoms with E-state index in [4.69, 9.17) is 4.74 Å². The van der Waals surface area contributed by atoms with Crippen LogP contribution in [0, 0.1) is 0 Å². The molecule has 0 aliphatic carbocycles. The number of carbonyl (C=O) groups excluding carboxylic acids is 1. The molecule has 8 nitrogen and oxygen atoms in total. The summed E-state index contributed by atoms with van der Waals surface area (Å²) in [5.41, 5.74) is 5.42. The molecule has 1 aliphatic rings. The zero-order valence-electron chi connectivity index (χ0n) is 21.4. The Labute approximate surface area is 225 Å². The van der Waals surface area contributed by atoms with E-state index in [1.807, 2.05) is 36.4 Å². The van der Waals surface area contributed by atoms with Crippen molar-refractivity contribution < 1.29 is 13.9 Å². The second kappa shape index (κ2) is 11.1. The number of pyridine rings is 1. The summed E-state index contributed by atoms with van der Waals surface area (Å²) in [4.78, 5) is 22.4. The van der Waals surface area contributed by atoms with Gasteiger partial charge in [0.25, 0.3) is 0 Å². The highest BCUT2D eigenvalue weighted by atomic mass is 19.1. The number of likely N-dealkylation sites (tertiary alicyclic amines) is 1. The third kappa shape index (κ3) is 5.99. The number of H-pyrrole nitrogens is 1. The largest absolute Gasteiger partial charge is 0.417 e. The van der Waals surface area contributed by atoms with E-state index < -0.39 is 12.3 Å². The van der Waals surface area contributed by atoms with Gasteiger partial charge < -0.3 is 9.72 Å². The number of ether oxygens (including phenoxy) is 1. The number of hydrogen-bond acceptors (Lipinski definition) is 5. The van der Waals surface area contributed by atoms with Gasteiger partial charge in [0.05, 0.1) is 24.6 Å². The first kappa shape index (κ1) is 24.8. The van der Waals surface area contributed by atoms with Crippen molar-refractivity contribution in [3.05, 3.63) is 96.6 Å². The van der Waals surface area contributed by atoms with Crippen molar-refractivity contribution >= 4 is 22.8 Å². The maximum absolute atomic E-state index is 13.7. The molecule has 1 amide bonds. The zero-order valence-corrected chi connectivity index (χ0v) is 21.4. The van der Waals surface area contributed by atoms with Gasteiger partial charge in [-0.05, 0) is 42.1 Å². The fourth-order valence-electron chi connectivity index (χ4n) is 4.96. The lowest BCUT2D eigenvalue weighted by Gasteiger charge is -2.28. The lowest BCUT2D eigenvalue weighted by Crippen LogP contribution is -2.35. The van der Waals surface area contributed by atoms with Gasteiger partial charge >= 0.3 is 6.09 Å². The molecule has 1 saturated heterocycles. The number of hydrogen-bond donors (Lipinski definition) is 2. The van der Waals surface area contributed by atoms with E-state index in [0.29, 0.717) is 36.6 Å². The number of aromatic nitrogens is 4. The summed E-state index contributed by atoms with van der Waals surface area (Å²) in [7, 11) is 0. The fraction of sp³-hybridized carbons (Fsp3) is 0.233. The van der Waals surface area contributed by atoms with Crippen LogP contribution in [0.3, 0.4) is 0 Å². The highest BCUT2D eigenvalue weighted by molar-refractivity contribution is 6.00. The Bertz CT molecular complexity index is 1560. The summed E-state index contributed by atoms with van der Waals surface area (Å²) in [6.45, 7) is 2.77.